The molecule has 2 heterocycles. The van der Waals surface area contributed by atoms with E-state index in [0.29, 0.717) is 0 Å². The minimum atomic E-state index is -0.380. The first-order valence-electron chi connectivity index (χ1n) is 2.85. The third-order valence-corrected chi connectivity index (χ3v) is 0.789. The molecule has 0 radical (unpaired) electrons. The Balaban J connectivity index is 0.000000120. The summed E-state index contributed by atoms with van der Waals surface area (Å²) in [5, 5.41) is 14.6. The molecule has 2 rings (SSSR count). The zero-order chi connectivity index (χ0) is 8.81. The maximum atomic E-state index is 9.90. The Bertz CT molecular complexity index is 329. The van der Waals surface area contributed by atoms with Crippen molar-refractivity contribution in [1.29, 1.82) is 0 Å². The van der Waals surface area contributed by atoms with E-state index in [9.17, 15) is 9.59 Å². The molecule has 1 aromatic heterocycles. The smallest absolute Gasteiger partial charge is 0.296 e. The predicted octanol–water partition coefficient (Wildman–Crippen LogP) is -0.937. The summed E-state index contributed by atoms with van der Waals surface area (Å²) >= 11 is 0. The predicted molar refractivity (Wildman–Crippen MR) is 37.6 cm³/mol. The van der Waals surface area contributed by atoms with Gasteiger partial charge in [-0.1, -0.05) is 5.11 Å². The van der Waals surface area contributed by atoms with Crippen LogP contribution in [0.15, 0.2) is 26.6 Å². The number of nitrogens with zero attached hydrogens (tertiary/aromatic N) is 4. The van der Waals surface area contributed by atoms with Crippen molar-refractivity contribution in [1.82, 2.24) is 15.2 Å². The molecule has 1 amide bonds. The molecule has 0 saturated carbocycles. The van der Waals surface area contributed by atoms with Gasteiger partial charge in [-0.15, -0.1) is 5.10 Å². The van der Waals surface area contributed by atoms with Crippen molar-refractivity contribution in [2.75, 3.05) is 0 Å². The monoisotopic (exact) mass is 168 g/mol. The van der Waals surface area contributed by atoms with Gasteiger partial charge >= 0.3 is 11.6 Å². The van der Waals surface area contributed by atoms with Gasteiger partial charge in [0.15, 0.2) is 0 Å². The quantitative estimate of drug-likeness (QED) is 0.520. The number of aromatic nitrogens is 3. The normalized spacial score (nSPS) is 12.8. The molecule has 0 unspecified atom stereocenters. The van der Waals surface area contributed by atoms with Crippen LogP contribution in [-0.2, 0) is 4.79 Å². The second-order valence-electron chi connectivity index (χ2n) is 1.62. The third kappa shape index (κ3) is 2.64. The molecule has 0 aromatic carbocycles. The Hall–Kier alpha value is -2.12. The van der Waals surface area contributed by atoms with Crippen molar-refractivity contribution in [3.05, 3.63) is 16.8 Å². The molecule has 0 atom stereocenters. The lowest BCUT2D eigenvalue weighted by atomic mass is 10.7. The number of carbonyl (C=O) groups excluding carboxylic acids is 1. The first-order valence-corrected chi connectivity index (χ1v) is 2.85. The van der Waals surface area contributed by atoms with Crippen molar-refractivity contribution in [3.63, 3.8) is 0 Å². The molecule has 62 valence electrons. The van der Waals surface area contributed by atoms with Crippen molar-refractivity contribution in [2.45, 2.75) is 0 Å². The average molecular weight is 168 g/mol. The summed E-state index contributed by atoms with van der Waals surface area (Å²) < 4.78 is 0. The highest BCUT2D eigenvalue weighted by Crippen LogP contribution is 1.83. The molecule has 0 saturated heterocycles. The van der Waals surface area contributed by atoms with E-state index in [1.807, 2.05) is 0 Å². The minimum Gasteiger partial charge on any atom is -0.296 e. The summed E-state index contributed by atoms with van der Waals surface area (Å²) in [6.07, 6.45) is 2.35. The lowest BCUT2D eigenvalue weighted by molar-refractivity contribution is -0.111. The second kappa shape index (κ2) is 3.91. The maximum Gasteiger partial charge on any atom is 0.340 e. The first kappa shape index (κ1) is 7.98. The number of carbonyl (C=O) groups is 1. The zero-order valence-corrected chi connectivity index (χ0v) is 5.76. The fourth-order valence-electron chi connectivity index (χ4n) is 0.385. The van der Waals surface area contributed by atoms with Gasteiger partial charge in [-0.2, -0.15) is 5.10 Å². The van der Waals surface area contributed by atoms with Crippen LogP contribution < -0.4 is 5.69 Å². The Morgan fingerprint density at radius 2 is 2.17 bits per heavy atom. The number of aromatic amines is 2. The molecule has 0 bridgehead atoms. The zero-order valence-electron chi connectivity index (χ0n) is 5.76. The standard InChI is InChI=1S/C2H3N3O.C2HN3O/c6-2-3-1-4-5-2;6-2-1-3-5-4-2/h1H,(H2,3,4,5,6);1H. The first-order chi connectivity index (χ1) is 5.79. The van der Waals surface area contributed by atoms with Gasteiger partial charge in [0.2, 0.25) is 0 Å². The van der Waals surface area contributed by atoms with Gasteiger partial charge in [0.25, 0.3) is 0 Å². The minimum absolute atomic E-state index is 0.269. The van der Waals surface area contributed by atoms with Gasteiger partial charge in [0.1, 0.15) is 12.5 Å². The van der Waals surface area contributed by atoms with Crippen molar-refractivity contribution in [3.8, 4) is 0 Å². The van der Waals surface area contributed by atoms with Crippen LogP contribution in [0.4, 0.5) is 0 Å². The highest BCUT2D eigenvalue weighted by atomic mass is 16.2. The molecule has 2 N–H and O–H groups in total. The van der Waals surface area contributed by atoms with Crippen LogP contribution in [0.1, 0.15) is 0 Å². The molecule has 0 aliphatic carbocycles. The largest absolute Gasteiger partial charge is 0.340 e. The molecule has 8 heteroatoms. The van der Waals surface area contributed by atoms with E-state index >= 15 is 0 Å². The van der Waals surface area contributed by atoms with E-state index in [1.54, 1.807) is 0 Å². The lowest BCUT2D eigenvalue weighted by Gasteiger charge is -1.55. The fraction of sp³-hybridized carbons (Fsp3) is 0. The van der Waals surface area contributed by atoms with Gasteiger partial charge in [0, 0.05) is 0 Å². The van der Waals surface area contributed by atoms with Crippen LogP contribution >= 0.6 is 0 Å². The van der Waals surface area contributed by atoms with E-state index in [2.05, 4.69) is 30.6 Å². The van der Waals surface area contributed by atoms with Crippen LogP contribution in [0, 0.1) is 0 Å². The van der Waals surface area contributed by atoms with Crippen LogP contribution in [-0.4, -0.2) is 27.3 Å². The van der Waals surface area contributed by atoms with Gasteiger partial charge in [-0.3, -0.25) is 9.78 Å². The van der Waals surface area contributed by atoms with Crippen LogP contribution in [0.5, 0.6) is 0 Å². The molecule has 1 aliphatic heterocycles. The van der Waals surface area contributed by atoms with E-state index in [-0.39, 0.29) is 11.6 Å². The van der Waals surface area contributed by atoms with E-state index in [4.69, 9.17) is 0 Å². The maximum absolute atomic E-state index is 9.90. The molecular formula is C4H4N6O2. The Morgan fingerprint density at radius 3 is 2.33 bits per heavy atom. The van der Waals surface area contributed by atoms with Gasteiger partial charge in [-0.25, -0.2) is 9.89 Å². The van der Waals surface area contributed by atoms with Crippen LogP contribution in [0.25, 0.3) is 0 Å². The highest BCUT2D eigenvalue weighted by molar-refractivity contribution is 6.27. The SMILES string of the molecule is O=C1C=NN=N1.O=c1[nH]cn[nH]1. The summed E-state index contributed by atoms with van der Waals surface area (Å²) in [5.41, 5.74) is -0.269. The molecule has 8 nitrogen and oxygen atoms in total. The van der Waals surface area contributed by atoms with Crippen molar-refractivity contribution in [2.24, 2.45) is 15.4 Å². The molecule has 1 aromatic rings. The number of hydrogen-bond acceptors (Lipinski definition) is 5. The highest BCUT2D eigenvalue weighted by Gasteiger charge is 1.94. The van der Waals surface area contributed by atoms with E-state index in [0.717, 1.165) is 6.21 Å². The van der Waals surface area contributed by atoms with Crippen LogP contribution in [0.3, 0.4) is 0 Å². The Labute approximate surface area is 65.4 Å². The Morgan fingerprint density at radius 1 is 1.33 bits per heavy atom. The number of rotatable bonds is 0. The van der Waals surface area contributed by atoms with Gasteiger partial charge in [-0.05, 0) is 5.22 Å². The second-order valence-corrected chi connectivity index (χ2v) is 1.62. The van der Waals surface area contributed by atoms with Gasteiger partial charge in [0.05, 0.1) is 0 Å². The van der Waals surface area contributed by atoms with E-state index in [1.165, 1.54) is 6.33 Å². The summed E-state index contributed by atoms with van der Waals surface area (Å²) in [6.45, 7) is 0. The van der Waals surface area contributed by atoms with Gasteiger partial charge < -0.3 is 0 Å². The summed E-state index contributed by atoms with van der Waals surface area (Å²) in [6, 6.07) is 0. The number of hydrogen-bond donors (Lipinski definition) is 2. The molecule has 1 aliphatic rings. The summed E-state index contributed by atoms with van der Waals surface area (Å²) in [5.74, 6) is -0.380. The van der Waals surface area contributed by atoms with E-state index < -0.39 is 0 Å². The lowest BCUT2D eigenvalue weighted by Crippen LogP contribution is -1.99. The third-order valence-electron chi connectivity index (χ3n) is 0.789. The number of nitrogens with one attached hydrogen (secondary N) is 2. The molecule has 0 fully saturated rings. The molecule has 12 heavy (non-hydrogen) atoms. The number of amides is 1. The number of H-pyrrole nitrogens is 2. The van der Waals surface area contributed by atoms with Crippen molar-refractivity contribution < 1.29 is 4.79 Å². The average Bonchev–Trinajstić information content (AvgIpc) is 2.63. The summed E-state index contributed by atoms with van der Waals surface area (Å²) in [7, 11) is 0. The summed E-state index contributed by atoms with van der Waals surface area (Å²) in [4.78, 5) is 22.0. The Kier molecular flexibility index (Phi) is 2.60. The van der Waals surface area contributed by atoms with Crippen molar-refractivity contribution >= 4 is 12.1 Å². The molecular weight excluding hydrogens is 164 g/mol. The topological polar surface area (TPSA) is 116 Å². The molecule has 0 spiro atoms. The van der Waals surface area contributed by atoms with Crippen LogP contribution in [0.2, 0.25) is 0 Å². The fourth-order valence-corrected chi connectivity index (χ4v) is 0.385.